The minimum Gasteiger partial charge on any atom is -1.00 e. The Bertz CT molecular complexity index is 378. The average Bonchev–Trinajstić information content (AvgIpc) is 2.73. The summed E-state index contributed by atoms with van der Waals surface area (Å²) >= 11 is 2.39. The molecule has 0 aliphatic carbocycles. The number of hydrogen-bond donors (Lipinski definition) is 0. The van der Waals surface area contributed by atoms with Crippen molar-refractivity contribution in [3.8, 4) is 0 Å². The normalized spacial score (nSPS) is 18.8. The van der Waals surface area contributed by atoms with E-state index < -0.39 is 0 Å². The van der Waals surface area contributed by atoms with Gasteiger partial charge in [0.05, 0.1) is 6.42 Å². The molecule has 1 aliphatic heterocycles. The van der Waals surface area contributed by atoms with Gasteiger partial charge in [-0.2, -0.15) is 4.58 Å². The van der Waals surface area contributed by atoms with Gasteiger partial charge >= 0.3 is 5.90 Å². The summed E-state index contributed by atoms with van der Waals surface area (Å²) in [6.07, 6.45) is 1.36. The Morgan fingerprint density at radius 1 is 1.35 bits per heavy atom. The molecular weight excluding hydrogens is 440 g/mol. The molecule has 0 fully saturated rings. The van der Waals surface area contributed by atoms with Crippen LogP contribution < -0.4 is 24.0 Å². The van der Waals surface area contributed by atoms with Crippen LogP contribution in [0.25, 0.3) is 0 Å². The van der Waals surface area contributed by atoms with E-state index in [2.05, 4.69) is 64.4 Å². The number of alkyl halides is 1. The Balaban J connectivity index is 0.00000144. The molecule has 1 atom stereocenters. The van der Waals surface area contributed by atoms with Crippen LogP contribution in [-0.4, -0.2) is 27.5 Å². The lowest BCUT2D eigenvalue weighted by Crippen LogP contribution is -3.00. The van der Waals surface area contributed by atoms with E-state index >= 15 is 0 Å². The predicted molar refractivity (Wildman–Crippen MR) is 74.3 cm³/mol. The van der Waals surface area contributed by atoms with Crippen LogP contribution in [0.5, 0.6) is 0 Å². The summed E-state index contributed by atoms with van der Waals surface area (Å²) in [5.74, 6) is 1.14. The summed E-state index contributed by atoms with van der Waals surface area (Å²) < 4.78 is 9.30. The number of nitrogens with zero attached hydrogens (tertiary/aromatic N) is 1. The molecule has 0 spiro atoms. The van der Waals surface area contributed by atoms with Crippen LogP contribution in [0.4, 0.5) is 0 Å². The Morgan fingerprint density at radius 3 is 2.65 bits per heavy atom. The highest BCUT2D eigenvalue weighted by Crippen LogP contribution is 2.12. The summed E-state index contributed by atoms with van der Waals surface area (Å²) in [5.41, 5.74) is 1.35. The highest BCUT2D eigenvalue weighted by Gasteiger charge is 2.30. The van der Waals surface area contributed by atoms with Crippen molar-refractivity contribution in [1.29, 1.82) is 0 Å². The summed E-state index contributed by atoms with van der Waals surface area (Å²) in [6, 6.07) is 10.6. The number of ether oxygens (including phenoxy) is 1. The van der Waals surface area contributed by atoms with E-state index in [0.717, 1.165) is 29.8 Å². The lowest BCUT2D eigenvalue weighted by molar-refractivity contribution is -0.538. The minimum absolute atomic E-state index is 0. The fourth-order valence-electron chi connectivity index (χ4n) is 2.00. The summed E-state index contributed by atoms with van der Waals surface area (Å²) in [4.78, 5) is 0. The maximum atomic E-state index is 5.88. The first-order chi connectivity index (χ1) is 7.83. The molecule has 17 heavy (non-hydrogen) atoms. The largest absolute Gasteiger partial charge is 1.00 e. The summed E-state index contributed by atoms with van der Waals surface area (Å²) in [7, 11) is 0. The molecule has 0 amide bonds. The first kappa shape index (κ1) is 15.2. The zero-order valence-corrected chi connectivity index (χ0v) is 14.2. The fraction of sp³-hybridized carbons (Fsp3) is 0.462. The molecule has 2 nitrogen and oxygen atoms in total. The van der Waals surface area contributed by atoms with Crippen LogP contribution in [-0.2, 0) is 11.3 Å². The van der Waals surface area contributed by atoms with E-state index in [4.69, 9.17) is 4.74 Å². The standard InChI is InChI=1S/C13H17INO.HI/c1-2-13-15(10-12(8-14)16-13)9-11-6-4-3-5-7-11;/h3-7,12H,2,8-10H2,1H3;1H/q+1;/p-1. The number of rotatable bonds is 4. The molecule has 1 aromatic rings. The van der Waals surface area contributed by atoms with Crippen molar-refractivity contribution >= 4 is 28.5 Å². The second-order valence-electron chi connectivity index (χ2n) is 4.01. The topological polar surface area (TPSA) is 12.2 Å². The number of hydrogen-bond acceptors (Lipinski definition) is 1. The van der Waals surface area contributed by atoms with E-state index in [9.17, 15) is 0 Å². The Labute approximate surface area is 134 Å². The van der Waals surface area contributed by atoms with Gasteiger partial charge in [0, 0.05) is 9.99 Å². The van der Waals surface area contributed by atoms with E-state index in [1.54, 1.807) is 0 Å². The van der Waals surface area contributed by atoms with Gasteiger partial charge in [-0.15, -0.1) is 0 Å². The van der Waals surface area contributed by atoms with Crippen LogP contribution in [0.1, 0.15) is 18.9 Å². The molecule has 0 aromatic heterocycles. The lowest BCUT2D eigenvalue weighted by Gasteiger charge is -1.99. The molecule has 1 heterocycles. The zero-order valence-electron chi connectivity index (χ0n) is 9.90. The van der Waals surface area contributed by atoms with Crippen molar-refractivity contribution in [2.45, 2.75) is 26.0 Å². The molecule has 2 rings (SSSR count). The van der Waals surface area contributed by atoms with Gasteiger partial charge in [0.25, 0.3) is 0 Å². The van der Waals surface area contributed by atoms with Crippen LogP contribution in [0, 0.1) is 0 Å². The third kappa shape index (κ3) is 4.08. The molecule has 0 saturated heterocycles. The van der Waals surface area contributed by atoms with Gasteiger partial charge in [0.1, 0.15) is 0 Å². The molecule has 1 aliphatic rings. The third-order valence-corrected chi connectivity index (χ3v) is 3.75. The second-order valence-corrected chi connectivity index (χ2v) is 4.89. The third-order valence-electron chi connectivity index (χ3n) is 2.77. The van der Waals surface area contributed by atoms with Crippen LogP contribution in [0.3, 0.4) is 0 Å². The molecule has 94 valence electrons. The van der Waals surface area contributed by atoms with Gasteiger partial charge < -0.3 is 28.7 Å². The van der Waals surface area contributed by atoms with Crippen LogP contribution in [0.15, 0.2) is 30.3 Å². The molecule has 4 heteroatoms. The molecular formula is C13H17I2NO. The highest BCUT2D eigenvalue weighted by molar-refractivity contribution is 14.1. The molecule has 0 N–H and O–H groups in total. The summed E-state index contributed by atoms with van der Waals surface area (Å²) in [5, 5.41) is 0. The monoisotopic (exact) mass is 457 g/mol. The number of benzene rings is 1. The average molecular weight is 457 g/mol. The van der Waals surface area contributed by atoms with Gasteiger partial charge in [0.15, 0.2) is 19.2 Å². The van der Waals surface area contributed by atoms with Gasteiger partial charge in [-0.3, -0.25) is 0 Å². The van der Waals surface area contributed by atoms with Crippen LogP contribution >= 0.6 is 22.6 Å². The van der Waals surface area contributed by atoms with Gasteiger partial charge in [-0.05, 0) is 0 Å². The van der Waals surface area contributed by atoms with Gasteiger partial charge in [-0.25, -0.2) is 0 Å². The maximum Gasteiger partial charge on any atom is 0.336 e. The van der Waals surface area contributed by atoms with Gasteiger partial charge in [-0.1, -0.05) is 59.8 Å². The Kier molecular flexibility index (Phi) is 6.76. The highest BCUT2D eigenvalue weighted by atomic mass is 127. The molecule has 1 aromatic carbocycles. The van der Waals surface area contributed by atoms with Crippen molar-refractivity contribution in [2.24, 2.45) is 0 Å². The molecule has 0 radical (unpaired) electrons. The number of halogens is 2. The second kappa shape index (κ2) is 7.56. The molecule has 0 bridgehead atoms. The van der Waals surface area contributed by atoms with Crippen molar-refractivity contribution in [2.75, 3.05) is 11.0 Å². The first-order valence-electron chi connectivity index (χ1n) is 5.70. The maximum absolute atomic E-state index is 5.88. The van der Waals surface area contributed by atoms with E-state index in [1.807, 2.05) is 0 Å². The van der Waals surface area contributed by atoms with E-state index in [1.165, 1.54) is 5.56 Å². The smallest absolute Gasteiger partial charge is 0.336 e. The quantitative estimate of drug-likeness (QED) is 0.348. The fourth-order valence-corrected chi connectivity index (χ4v) is 2.45. The van der Waals surface area contributed by atoms with Crippen LogP contribution in [0.2, 0.25) is 0 Å². The van der Waals surface area contributed by atoms with Gasteiger partial charge in [0.2, 0.25) is 0 Å². The zero-order chi connectivity index (χ0) is 11.4. The Morgan fingerprint density at radius 2 is 2.06 bits per heavy atom. The summed E-state index contributed by atoms with van der Waals surface area (Å²) in [6.45, 7) is 4.15. The van der Waals surface area contributed by atoms with Crippen molar-refractivity contribution in [1.82, 2.24) is 0 Å². The molecule has 0 saturated carbocycles. The lowest BCUT2D eigenvalue weighted by atomic mass is 10.2. The predicted octanol–water partition coefficient (Wildman–Crippen LogP) is -0.155. The van der Waals surface area contributed by atoms with Crippen molar-refractivity contribution in [3.05, 3.63) is 35.9 Å². The molecule has 1 unspecified atom stereocenters. The van der Waals surface area contributed by atoms with Crippen molar-refractivity contribution < 1.29 is 33.3 Å². The first-order valence-corrected chi connectivity index (χ1v) is 7.23. The Hall–Kier alpha value is 0.150. The SMILES string of the molecule is CCC1=[N+](Cc2ccccc2)CC(CI)O1.[I-]. The minimum atomic E-state index is 0. The van der Waals surface area contributed by atoms with E-state index in [-0.39, 0.29) is 24.0 Å². The van der Waals surface area contributed by atoms with E-state index in [0.29, 0.717) is 6.10 Å². The van der Waals surface area contributed by atoms with Crippen molar-refractivity contribution in [3.63, 3.8) is 0 Å².